The van der Waals surface area contributed by atoms with Crippen molar-refractivity contribution >= 4 is 11.5 Å². The fraction of sp³-hybridized carbons (Fsp3) is 0.643. The van der Waals surface area contributed by atoms with Crippen molar-refractivity contribution in [1.82, 2.24) is 4.98 Å². The minimum Gasteiger partial charge on any atom is -0.470 e. The molecule has 0 saturated heterocycles. The normalized spacial score (nSPS) is 12.3. The molecule has 1 aromatic rings. The fourth-order valence-corrected chi connectivity index (χ4v) is 1.58. The van der Waals surface area contributed by atoms with Gasteiger partial charge in [-0.15, -0.1) is 0 Å². The van der Waals surface area contributed by atoms with Crippen molar-refractivity contribution in [3.63, 3.8) is 0 Å². The molecule has 4 N–H and O–H groups in total. The van der Waals surface area contributed by atoms with Gasteiger partial charge in [-0.3, -0.25) is 0 Å². The number of hydrogen-bond donors (Lipinski definition) is 3. The lowest BCUT2D eigenvalue weighted by Crippen LogP contribution is -2.32. The monoisotopic (exact) mass is 267 g/mol. The number of rotatable bonds is 5. The van der Waals surface area contributed by atoms with Crippen molar-refractivity contribution in [3.05, 3.63) is 12.1 Å². The standard InChI is InChI=1S/C14H25N3O2/c1-13(2,3)19-12-10(15)6-7-11(16-12)17-14(4,5)8-9-18/h6-7,18H,8-9,15H2,1-5H3,(H,16,17). The Kier molecular flexibility index (Phi) is 4.63. The maximum atomic E-state index is 9.03. The number of nitrogens with two attached hydrogens (primary N) is 1. The molecule has 0 amide bonds. The van der Waals surface area contributed by atoms with Crippen LogP contribution in [0.2, 0.25) is 0 Å². The van der Waals surface area contributed by atoms with E-state index in [-0.39, 0.29) is 17.7 Å². The highest BCUT2D eigenvalue weighted by molar-refractivity contribution is 5.54. The van der Waals surface area contributed by atoms with Gasteiger partial charge < -0.3 is 20.9 Å². The summed E-state index contributed by atoms with van der Waals surface area (Å²) in [7, 11) is 0. The summed E-state index contributed by atoms with van der Waals surface area (Å²) in [6.07, 6.45) is 0.633. The van der Waals surface area contributed by atoms with Crippen LogP contribution in [0, 0.1) is 0 Å². The van der Waals surface area contributed by atoms with E-state index in [1.807, 2.05) is 40.7 Å². The first-order chi connectivity index (χ1) is 8.63. The van der Waals surface area contributed by atoms with E-state index in [4.69, 9.17) is 15.6 Å². The third kappa shape index (κ3) is 5.34. The summed E-state index contributed by atoms with van der Waals surface area (Å²) >= 11 is 0. The number of aliphatic hydroxyl groups excluding tert-OH is 1. The minimum atomic E-state index is -0.347. The van der Waals surface area contributed by atoms with Crippen LogP contribution in [0.1, 0.15) is 41.0 Å². The lowest BCUT2D eigenvalue weighted by atomic mass is 10.0. The Morgan fingerprint density at radius 1 is 1.26 bits per heavy atom. The summed E-state index contributed by atoms with van der Waals surface area (Å²) in [5.74, 6) is 1.11. The summed E-state index contributed by atoms with van der Waals surface area (Å²) in [4.78, 5) is 4.39. The number of anilines is 2. The molecule has 0 aliphatic heterocycles. The first kappa shape index (κ1) is 15.6. The zero-order chi connectivity index (χ0) is 14.7. The van der Waals surface area contributed by atoms with Gasteiger partial charge in [-0.05, 0) is 53.2 Å². The number of ether oxygens (including phenoxy) is 1. The average Bonchev–Trinajstić information content (AvgIpc) is 2.20. The molecule has 1 heterocycles. The van der Waals surface area contributed by atoms with Crippen LogP contribution in [0.25, 0.3) is 0 Å². The smallest absolute Gasteiger partial charge is 0.239 e. The molecule has 5 nitrogen and oxygen atoms in total. The summed E-state index contributed by atoms with van der Waals surface area (Å²) in [5, 5.41) is 12.3. The number of nitrogens with one attached hydrogen (secondary N) is 1. The zero-order valence-corrected chi connectivity index (χ0v) is 12.4. The predicted molar refractivity (Wildman–Crippen MR) is 78.4 cm³/mol. The second-order valence-corrected chi connectivity index (χ2v) is 6.29. The van der Waals surface area contributed by atoms with Crippen molar-refractivity contribution in [3.8, 4) is 5.88 Å². The molecular formula is C14H25N3O2. The Hall–Kier alpha value is -1.49. The Morgan fingerprint density at radius 2 is 1.89 bits per heavy atom. The topological polar surface area (TPSA) is 80.4 Å². The largest absolute Gasteiger partial charge is 0.470 e. The second-order valence-electron chi connectivity index (χ2n) is 6.29. The summed E-state index contributed by atoms with van der Waals surface area (Å²) in [5.41, 5.74) is 5.79. The van der Waals surface area contributed by atoms with Crippen molar-refractivity contribution < 1.29 is 9.84 Å². The van der Waals surface area contributed by atoms with Crippen LogP contribution in [-0.2, 0) is 0 Å². The van der Waals surface area contributed by atoms with Crippen LogP contribution in [-0.4, -0.2) is 27.8 Å². The van der Waals surface area contributed by atoms with E-state index in [9.17, 15) is 0 Å². The molecule has 0 atom stereocenters. The molecule has 108 valence electrons. The van der Waals surface area contributed by atoms with Gasteiger partial charge in [0.25, 0.3) is 0 Å². The number of nitrogen functional groups attached to an aromatic ring is 1. The van der Waals surface area contributed by atoms with Gasteiger partial charge in [0.15, 0.2) is 0 Å². The van der Waals surface area contributed by atoms with Gasteiger partial charge in [0.05, 0.1) is 5.69 Å². The van der Waals surface area contributed by atoms with Crippen LogP contribution in [0.15, 0.2) is 12.1 Å². The van der Waals surface area contributed by atoms with Gasteiger partial charge in [-0.2, -0.15) is 4.98 Å². The zero-order valence-electron chi connectivity index (χ0n) is 12.4. The van der Waals surface area contributed by atoms with Crippen molar-refractivity contribution in [2.75, 3.05) is 17.7 Å². The molecule has 0 saturated carbocycles. The number of pyridine rings is 1. The fourth-order valence-electron chi connectivity index (χ4n) is 1.58. The molecule has 0 aromatic carbocycles. The van der Waals surface area contributed by atoms with Gasteiger partial charge in [-0.25, -0.2) is 0 Å². The lowest BCUT2D eigenvalue weighted by Gasteiger charge is -2.27. The number of aliphatic hydroxyl groups is 1. The predicted octanol–water partition coefficient (Wildman–Crippen LogP) is 2.41. The van der Waals surface area contributed by atoms with Crippen molar-refractivity contribution in [2.45, 2.75) is 52.2 Å². The molecule has 1 rings (SSSR count). The molecule has 0 bridgehead atoms. The Balaban J connectivity index is 2.90. The molecule has 0 aliphatic carbocycles. The van der Waals surface area contributed by atoms with E-state index < -0.39 is 0 Å². The molecule has 0 radical (unpaired) electrons. The van der Waals surface area contributed by atoms with Crippen molar-refractivity contribution in [2.24, 2.45) is 0 Å². The van der Waals surface area contributed by atoms with E-state index in [1.54, 1.807) is 6.07 Å². The van der Waals surface area contributed by atoms with Gasteiger partial charge in [0.1, 0.15) is 11.4 Å². The highest BCUT2D eigenvalue weighted by atomic mass is 16.5. The van der Waals surface area contributed by atoms with Crippen LogP contribution < -0.4 is 15.8 Å². The van der Waals surface area contributed by atoms with Gasteiger partial charge >= 0.3 is 0 Å². The Morgan fingerprint density at radius 3 is 2.42 bits per heavy atom. The van der Waals surface area contributed by atoms with Gasteiger partial charge in [0.2, 0.25) is 5.88 Å². The summed E-state index contributed by atoms with van der Waals surface area (Å²) < 4.78 is 5.72. The molecule has 5 heteroatoms. The van der Waals surface area contributed by atoms with E-state index in [2.05, 4.69) is 10.3 Å². The van der Waals surface area contributed by atoms with Gasteiger partial charge in [0, 0.05) is 12.1 Å². The second kappa shape index (κ2) is 5.65. The van der Waals surface area contributed by atoms with E-state index in [0.717, 1.165) is 0 Å². The van der Waals surface area contributed by atoms with E-state index in [1.165, 1.54) is 0 Å². The third-order valence-corrected chi connectivity index (χ3v) is 2.50. The first-order valence-electron chi connectivity index (χ1n) is 6.47. The highest BCUT2D eigenvalue weighted by Crippen LogP contribution is 2.26. The Labute approximate surface area is 115 Å². The summed E-state index contributed by atoms with van der Waals surface area (Å²) in [6, 6.07) is 3.58. The average molecular weight is 267 g/mol. The number of hydrogen-bond acceptors (Lipinski definition) is 5. The SMILES string of the molecule is CC(C)(CCO)Nc1ccc(N)c(OC(C)(C)C)n1. The van der Waals surface area contributed by atoms with Crippen molar-refractivity contribution in [1.29, 1.82) is 0 Å². The minimum absolute atomic E-state index is 0.125. The number of nitrogens with zero attached hydrogens (tertiary/aromatic N) is 1. The third-order valence-electron chi connectivity index (χ3n) is 2.50. The molecule has 0 unspecified atom stereocenters. The molecule has 19 heavy (non-hydrogen) atoms. The van der Waals surface area contributed by atoms with Gasteiger partial charge in [-0.1, -0.05) is 0 Å². The lowest BCUT2D eigenvalue weighted by molar-refractivity contribution is 0.125. The Bertz CT molecular complexity index is 425. The molecule has 0 fully saturated rings. The molecule has 1 aromatic heterocycles. The van der Waals surface area contributed by atoms with E-state index in [0.29, 0.717) is 23.8 Å². The van der Waals surface area contributed by atoms with Crippen LogP contribution in [0.3, 0.4) is 0 Å². The quantitative estimate of drug-likeness (QED) is 0.763. The van der Waals surface area contributed by atoms with Crippen LogP contribution in [0.4, 0.5) is 11.5 Å². The molecule has 0 spiro atoms. The molecule has 0 aliphatic rings. The number of aromatic nitrogens is 1. The highest BCUT2D eigenvalue weighted by Gasteiger charge is 2.19. The first-order valence-corrected chi connectivity index (χ1v) is 6.47. The van der Waals surface area contributed by atoms with E-state index >= 15 is 0 Å². The summed E-state index contributed by atoms with van der Waals surface area (Å²) in [6.45, 7) is 9.98. The maximum absolute atomic E-state index is 9.03. The maximum Gasteiger partial charge on any atom is 0.239 e. The van der Waals surface area contributed by atoms with Crippen LogP contribution in [0.5, 0.6) is 5.88 Å². The van der Waals surface area contributed by atoms with Crippen LogP contribution >= 0.6 is 0 Å². The molecular weight excluding hydrogens is 242 g/mol.